The molecule has 0 aliphatic heterocycles. The van der Waals surface area contributed by atoms with E-state index in [0.717, 1.165) is 29.0 Å². The summed E-state index contributed by atoms with van der Waals surface area (Å²) in [5.41, 5.74) is 2.39. The zero-order chi connectivity index (χ0) is 14.5. The minimum absolute atomic E-state index is 0.0452. The van der Waals surface area contributed by atoms with E-state index < -0.39 is 6.10 Å². The maximum Gasteiger partial charge on any atom is 0.133 e. The highest BCUT2D eigenvalue weighted by Gasteiger charge is 2.34. The first-order valence-electron chi connectivity index (χ1n) is 6.80. The van der Waals surface area contributed by atoms with Gasteiger partial charge in [-0.15, -0.1) is 11.3 Å². The van der Waals surface area contributed by atoms with Crippen LogP contribution in [-0.4, -0.2) is 10.1 Å². The Morgan fingerprint density at radius 1 is 1.40 bits per heavy atom. The summed E-state index contributed by atoms with van der Waals surface area (Å²) in [5.74, 6) is -0.246. The van der Waals surface area contributed by atoms with E-state index in [1.54, 1.807) is 6.07 Å². The van der Waals surface area contributed by atoms with E-state index in [1.807, 2.05) is 13.0 Å². The molecule has 1 aromatic heterocycles. The van der Waals surface area contributed by atoms with Crippen LogP contribution in [0.15, 0.2) is 18.2 Å². The second kappa shape index (κ2) is 4.64. The number of fused-ring (bicyclic) bond motifs is 1. The number of aromatic nitrogens is 1. The van der Waals surface area contributed by atoms with E-state index >= 15 is 0 Å². The smallest absolute Gasteiger partial charge is 0.133 e. The molecule has 1 atom stereocenters. The van der Waals surface area contributed by atoms with Crippen molar-refractivity contribution in [3.63, 3.8) is 0 Å². The average molecular weight is 291 g/mol. The second-order valence-corrected chi connectivity index (χ2v) is 7.40. The molecule has 1 N–H and O–H groups in total. The SMILES string of the molecule is Cc1ccc(-c2nc3c(s2)C(O)CC(C)(C)C3)c(F)c1. The zero-order valence-electron chi connectivity index (χ0n) is 11.9. The predicted molar refractivity (Wildman–Crippen MR) is 79.3 cm³/mol. The van der Waals surface area contributed by atoms with Gasteiger partial charge in [-0.3, -0.25) is 0 Å². The van der Waals surface area contributed by atoms with Crippen molar-refractivity contribution in [3.8, 4) is 10.6 Å². The average Bonchev–Trinajstić information content (AvgIpc) is 2.70. The van der Waals surface area contributed by atoms with Gasteiger partial charge in [0.2, 0.25) is 0 Å². The Morgan fingerprint density at radius 2 is 2.15 bits per heavy atom. The summed E-state index contributed by atoms with van der Waals surface area (Å²) in [6, 6.07) is 5.18. The summed E-state index contributed by atoms with van der Waals surface area (Å²) in [6.07, 6.45) is 1.09. The number of rotatable bonds is 1. The van der Waals surface area contributed by atoms with Crippen molar-refractivity contribution in [2.24, 2.45) is 5.41 Å². The van der Waals surface area contributed by atoms with Crippen LogP contribution >= 0.6 is 11.3 Å². The molecule has 0 bridgehead atoms. The lowest BCUT2D eigenvalue weighted by Crippen LogP contribution is -2.24. The molecule has 1 aromatic carbocycles. The summed E-state index contributed by atoms with van der Waals surface area (Å²) < 4.78 is 14.1. The molecule has 0 fully saturated rings. The molecule has 1 heterocycles. The number of hydrogen-bond acceptors (Lipinski definition) is 3. The first kappa shape index (κ1) is 13.7. The highest BCUT2D eigenvalue weighted by molar-refractivity contribution is 7.15. The van der Waals surface area contributed by atoms with Crippen LogP contribution in [0.5, 0.6) is 0 Å². The fourth-order valence-corrected chi connectivity index (χ4v) is 3.90. The molecule has 0 radical (unpaired) electrons. The molecule has 0 saturated heterocycles. The molecule has 1 unspecified atom stereocenters. The Morgan fingerprint density at radius 3 is 2.85 bits per heavy atom. The van der Waals surface area contributed by atoms with Crippen molar-refractivity contribution in [1.29, 1.82) is 0 Å². The number of nitrogens with zero attached hydrogens (tertiary/aromatic N) is 1. The standard InChI is InChI=1S/C16H18FNOS/c1-9-4-5-10(11(17)6-9)15-18-12-7-16(2,3)8-13(19)14(12)20-15/h4-6,13,19H,7-8H2,1-3H3. The number of hydrogen-bond donors (Lipinski definition) is 1. The second-order valence-electron chi connectivity index (χ2n) is 6.37. The number of aliphatic hydroxyl groups is 1. The highest BCUT2D eigenvalue weighted by Crippen LogP contribution is 2.44. The molecule has 0 spiro atoms. The Balaban J connectivity index is 2.06. The molecule has 4 heteroatoms. The first-order valence-corrected chi connectivity index (χ1v) is 7.61. The van der Waals surface area contributed by atoms with E-state index in [2.05, 4.69) is 18.8 Å². The Bertz CT molecular complexity index is 662. The van der Waals surface area contributed by atoms with Gasteiger partial charge < -0.3 is 5.11 Å². The number of halogens is 1. The van der Waals surface area contributed by atoms with Gasteiger partial charge in [0.1, 0.15) is 10.8 Å². The van der Waals surface area contributed by atoms with Crippen LogP contribution in [0.1, 0.15) is 42.5 Å². The van der Waals surface area contributed by atoms with E-state index in [-0.39, 0.29) is 11.2 Å². The monoisotopic (exact) mass is 291 g/mol. The Labute approximate surface area is 122 Å². The quantitative estimate of drug-likeness (QED) is 0.851. The van der Waals surface area contributed by atoms with Crippen molar-refractivity contribution in [1.82, 2.24) is 4.98 Å². The van der Waals surface area contributed by atoms with Gasteiger partial charge in [0.05, 0.1) is 16.7 Å². The molecular weight excluding hydrogens is 273 g/mol. The third kappa shape index (κ3) is 2.38. The van der Waals surface area contributed by atoms with Gasteiger partial charge in [-0.05, 0) is 42.9 Å². The Hall–Kier alpha value is -1.26. The van der Waals surface area contributed by atoms with Crippen molar-refractivity contribution in [3.05, 3.63) is 40.2 Å². The van der Waals surface area contributed by atoms with E-state index in [9.17, 15) is 9.50 Å². The number of aliphatic hydroxyl groups excluding tert-OH is 1. The van der Waals surface area contributed by atoms with Gasteiger partial charge in [-0.25, -0.2) is 9.37 Å². The molecule has 1 aliphatic carbocycles. The molecule has 0 amide bonds. The minimum atomic E-state index is -0.478. The van der Waals surface area contributed by atoms with E-state index in [1.165, 1.54) is 17.4 Å². The number of thiazole rings is 1. The van der Waals surface area contributed by atoms with Crippen molar-refractivity contribution in [2.45, 2.75) is 39.7 Å². The van der Waals surface area contributed by atoms with Gasteiger partial charge in [-0.1, -0.05) is 19.9 Å². The lowest BCUT2D eigenvalue weighted by atomic mass is 9.77. The predicted octanol–water partition coefficient (Wildman–Crippen LogP) is 4.26. The maximum atomic E-state index is 14.1. The third-order valence-corrected chi connectivity index (χ3v) is 5.01. The molecule has 3 rings (SSSR count). The van der Waals surface area contributed by atoms with Gasteiger partial charge in [0, 0.05) is 5.56 Å². The number of aryl methyl sites for hydroxylation is 1. The highest BCUT2D eigenvalue weighted by atomic mass is 32.1. The molecule has 1 aliphatic rings. The van der Waals surface area contributed by atoms with E-state index in [0.29, 0.717) is 10.6 Å². The lowest BCUT2D eigenvalue weighted by molar-refractivity contribution is 0.102. The van der Waals surface area contributed by atoms with Gasteiger partial charge >= 0.3 is 0 Å². The van der Waals surface area contributed by atoms with Crippen LogP contribution in [0.3, 0.4) is 0 Å². The summed E-state index contributed by atoms with van der Waals surface area (Å²) in [7, 11) is 0. The summed E-state index contributed by atoms with van der Waals surface area (Å²) >= 11 is 1.42. The molecule has 2 aromatic rings. The number of benzene rings is 1. The molecule has 2 nitrogen and oxygen atoms in total. The fraction of sp³-hybridized carbons (Fsp3) is 0.438. The normalized spacial score (nSPS) is 20.8. The van der Waals surface area contributed by atoms with Crippen molar-refractivity contribution >= 4 is 11.3 Å². The molecule has 20 heavy (non-hydrogen) atoms. The van der Waals surface area contributed by atoms with Crippen molar-refractivity contribution in [2.75, 3.05) is 0 Å². The van der Waals surface area contributed by atoms with Crippen LogP contribution < -0.4 is 0 Å². The molecule has 0 saturated carbocycles. The summed E-state index contributed by atoms with van der Waals surface area (Å²) in [4.78, 5) is 5.48. The van der Waals surface area contributed by atoms with Crippen LogP contribution in [-0.2, 0) is 6.42 Å². The third-order valence-electron chi connectivity index (χ3n) is 3.78. The molecule has 106 valence electrons. The van der Waals surface area contributed by atoms with Crippen LogP contribution in [0.4, 0.5) is 4.39 Å². The molecular formula is C16H18FNOS. The summed E-state index contributed by atoms with van der Waals surface area (Å²) in [5, 5.41) is 10.9. The topological polar surface area (TPSA) is 33.1 Å². The van der Waals surface area contributed by atoms with E-state index in [4.69, 9.17) is 0 Å². The van der Waals surface area contributed by atoms with Crippen LogP contribution in [0.25, 0.3) is 10.6 Å². The van der Waals surface area contributed by atoms with Gasteiger partial charge in [-0.2, -0.15) is 0 Å². The van der Waals surface area contributed by atoms with Gasteiger partial charge in [0.15, 0.2) is 0 Å². The Kier molecular flexibility index (Phi) is 3.18. The van der Waals surface area contributed by atoms with Crippen LogP contribution in [0.2, 0.25) is 0 Å². The lowest BCUT2D eigenvalue weighted by Gasteiger charge is -2.31. The zero-order valence-corrected chi connectivity index (χ0v) is 12.7. The minimum Gasteiger partial charge on any atom is -0.387 e. The summed E-state index contributed by atoms with van der Waals surface area (Å²) in [6.45, 7) is 6.13. The fourth-order valence-electron chi connectivity index (χ4n) is 2.80. The maximum absolute atomic E-state index is 14.1. The van der Waals surface area contributed by atoms with Gasteiger partial charge in [0.25, 0.3) is 0 Å². The van der Waals surface area contributed by atoms with Crippen LogP contribution in [0, 0.1) is 18.2 Å². The largest absolute Gasteiger partial charge is 0.387 e. The van der Waals surface area contributed by atoms with Crippen molar-refractivity contribution < 1.29 is 9.50 Å². The first-order chi connectivity index (χ1) is 9.35.